The molecule has 0 bridgehead atoms. The third-order valence-electron chi connectivity index (χ3n) is 3.56. The van der Waals surface area contributed by atoms with Gasteiger partial charge in [0.1, 0.15) is 0 Å². The molecule has 0 aliphatic heterocycles. The van der Waals surface area contributed by atoms with Gasteiger partial charge in [0.05, 0.1) is 17.2 Å². The van der Waals surface area contributed by atoms with E-state index in [1.165, 1.54) is 6.07 Å². The SMILES string of the molecule is CCOc1ccccc1OCC(=O)NNC(=O)C=Cc1ccc(Cl)c(C(F)(F)F)c1. The van der Waals surface area contributed by atoms with Crippen molar-refractivity contribution in [2.75, 3.05) is 13.2 Å². The number of carbonyl (C=O) groups is 2. The maximum Gasteiger partial charge on any atom is 0.417 e. The van der Waals surface area contributed by atoms with Crippen molar-refractivity contribution in [3.8, 4) is 11.5 Å². The summed E-state index contributed by atoms with van der Waals surface area (Å²) in [5, 5.41) is -0.442. The van der Waals surface area contributed by atoms with Crippen molar-refractivity contribution in [1.82, 2.24) is 10.9 Å². The van der Waals surface area contributed by atoms with Crippen molar-refractivity contribution < 1.29 is 32.2 Å². The summed E-state index contributed by atoms with van der Waals surface area (Å²) in [6, 6.07) is 10.00. The number of carbonyl (C=O) groups excluding carboxylic acids is 2. The zero-order valence-electron chi connectivity index (χ0n) is 15.8. The maximum atomic E-state index is 12.8. The monoisotopic (exact) mass is 442 g/mol. The van der Waals surface area contributed by atoms with Crippen LogP contribution in [0.15, 0.2) is 48.5 Å². The first-order chi connectivity index (χ1) is 14.2. The highest BCUT2D eigenvalue weighted by Gasteiger charge is 2.33. The summed E-state index contributed by atoms with van der Waals surface area (Å²) in [7, 11) is 0. The van der Waals surface area contributed by atoms with Gasteiger partial charge in [-0.05, 0) is 42.8 Å². The standard InChI is InChI=1S/C20H18ClF3N2O4/c1-2-29-16-5-3-4-6-17(16)30-12-19(28)26-25-18(27)10-8-13-7-9-15(21)14(11-13)20(22,23)24/h3-11H,2,12H2,1H3,(H,25,27)(H,26,28). The molecule has 160 valence electrons. The smallest absolute Gasteiger partial charge is 0.417 e. The third-order valence-corrected chi connectivity index (χ3v) is 3.89. The summed E-state index contributed by atoms with van der Waals surface area (Å²) in [4.78, 5) is 23.6. The van der Waals surface area contributed by atoms with Gasteiger partial charge in [-0.3, -0.25) is 20.4 Å². The molecule has 2 aromatic rings. The van der Waals surface area contributed by atoms with Crippen LogP contribution < -0.4 is 20.3 Å². The Kier molecular flexibility index (Phi) is 8.11. The Morgan fingerprint density at radius 3 is 2.37 bits per heavy atom. The van der Waals surface area contributed by atoms with Crippen LogP contribution in [0.5, 0.6) is 11.5 Å². The van der Waals surface area contributed by atoms with Gasteiger partial charge in [-0.25, -0.2) is 0 Å². The predicted octanol–water partition coefficient (Wildman–Crippen LogP) is 4.00. The van der Waals surface area contributed by atoms with E-state index in [0.29, 0.717) is 18.1 Å². The quantitative estimate of drug-likeness (QED) is 0.502. The number of hydrazine groups is 1. The van der Waals surface area contributed by atoms with Crippen LogP contribution in [0.2, 0.25) is 5.02 Å². The summed E-state index contributed by atoms with van der Waals surface area (Å²) in [5.74, 6) is -0.555. The lowest BCUT2D eigenvalue weighted by molar-refractivity contribution is -0.137. The lowest BCUT2D eigenvalue weighted by Crippen LogP contribution is -2.43. The average molecular weight is 443 g/mol. The van der Waals surface area contributed by atoms with Crippen LogP contribution in [0.1, 0.15) is 18.1 Å². The van der Waals surface area contributed by atoms with Gasteiger partial charge < -0.3 is 9.47 Å². The fourth-order valence-corrected chi connectivity index (χ4v) is 2.46. The maximum absolute atomic E-state index is 12.8. The average Bonchev–Trinajstić information content (AvgIpc) is 2.70. The number of alkyl halides is 3. The van der Waals surface area contributed by atoms with Crippen molar-refractivity contribution in [3.05, 3.63) is 64.7 Å². The molecule has 0 aromatic heterocycles. The van der Waals surface area contributed by atoms with Gasteiger partial charge in [-0.15, -0.1) is 0 Å². The molecule has 6 nitrogen and oxygen atoms in total. The molecule has 0 atom stereocenters. The molecule has 0 radical (unpaired) electrons. The highest BCUT2D eigenvalue weighted by molar-refractivity contribution is 6.31. The van der Waals surface area contributed by atoms with E-state index < -0.39 is 28.6 Å². The van der Waals surface area contributed by atoms with Crippen LogP contribution in [-0.2, 0) is 15.8 Å². The van der Waals surface area contributed by atoms with Crippen LogP contribution in [0.25, 0.3) is 6.08 Å². The van der Waals surface area contributed by atoms with Crippen LogP contribution in [0.3, 0.4) is 0 Å². The number of hydrogen-bond donors (Lipinski definition) is 2. The highest BCUT2D eigenvalue weighted by atomic mass is 35.5. The highest BCUT2D eigenvalue weighted by Crippen LogP contribution is 2.35. The molecule has 0 unspecified atom stereocenters. The van der Waals surface area contributed by atoms with Crippen LogP contribution in [-0.4, -0.2) is 25.0 Å². The molecule has 0 saturated heterocycles. The minimum absolute atomic E-state index is 0.115. The number of para-hydroxylation sites is 2. The molecule has 2 rings (SSSR count). The summed E-state index contributed by atoms with van der Waals surface area (Å²) in [5.41, 5.74) is 3.33. The Bertz CT molecular complexity index is 933. The second kappa shape index (κ2) is 10.5. The summed E-state index contributed by atoms with van der Waals surface area (Å²) >= 11 is 5.54. The van der Waals surface area contributed by atoms with E-state index in [1.54, 1.807) is 31.2 Å². The van der Waals surface area contributed by atoms with E-state index in [2.05, 4.69) is 10.9 Å². The number of rotatable bonds is 7. The van der Waals surface area contributed by atoms with Crippen molar-refractivity contribution in [1.29, 1.82) is 0 Å². The number of benzene rings is 2. The molecule has 2 amide bonds. The fourth-order valence-electron chi connectivity index (χ4n) is 2.23. The zero-order valence-corrected chi connectivity index (χ0v) is 16.5. The van der Waals surface area contributed by atoms with Crippen molar-refractivity contribution in [3.63, 3.8) is 0 Å². The lowest BCUT2D eigenvalue weighted by atomic mass is 10.1. The largest absolute Gasteiger partial charge is 0.490 e. The van der Waals surface area contributed by atoms with Crippen LogP contribution in [0.4, 0.5) is 13.2 Å². The van der Waals surface area contributed by atoms with Crippen molar-refractivity contribution >= 4 is 29.5 Å². The number of ether oxygens (including phenoxy) is 2. The molecule has 0 saturated carbocycles. The molecule has 0 aliphatic carbocycles. The number of amides is 2. The minimum Gasteiger partial charge on any atom is -0.490 e. The minimum atomic E-state index is -4.61. The molecule has 0 fully saturated rings. The normalized spacial score (nSPS) is 11.2. The van der Waals surface area contributed by atoms with Crippen molar-refractivity contribution in [2.45, 2.75) is 13.1 Å². The van der Waals surface area contributed by atoms with Gasteiger partial charge in [0.15, 0.2) is 18.1 Å². The summed E-state index contributed by atoms with van der Waals surface area (Å²) in [6.45, 7) is 1.84. The number of nitrogens with one attached hydrogen (secondary N) is 2. The van der Waals surface area contributed by atoms with Gasteiger partial charge in [-0.1, -0.05) is 29.8 Å². The second-order valence-electron chi connectivity index (χ2n) is 5.78. The topological polar surface area (TPSA) is 76.7 Å². The van der Waals surface area contributed by atoms with E-state index in [0.717, 1.165) is 24.3 Å². The Morgan fingerprint density at radius 1 is 1.07 bits per heavy atom. The van der Waals surface area contributed by atoms with E-state index in [9.17, 15) is 22.8 Å². The van der Waals surface area contributed by atoms with E-state index in [1.807, 2.05) is 0 Å². The number of halogens is 4. The summed E-state index contributed by atoms with van der Waals surface area (Å²) in [6.07, 6.45) is -2.49. The molecule has 0 aliphatic rings. The van der Waals surface area contributed by atoms with Gasteiger partial charge >= 0.3 is 6.18 Å². The molecule has 2 N–H and O–H groups in total. The lowest BCUT2D eigenvalue weighted by Gasteiger charge is -2.11. The molecular formula is C20H18ClF3N2O4. The van der Waals surface area contributed by atoms with E-state index in [-0.39, 0.29) is 12.2 Å². The van der Waals surface area contributed by atoms with Gasteiger partial charge in [0.25, 0.3) is 11.8 Å². The van der Waals surface area contributed by atoms with Crippen molar-refractivity contribution in [2.24, 2.45) is 0 Å². The Labute approximate surface area is 175 Å². The molecular weight excluding hydrogens is 425 g/mol. The Balaban J connectivity index is 1.85. The van der Waals surface area contributed by atoms with Gasteiger partial charge in [0.2, 0.25) is 0 Å². The van der Waals surface area contributed by atoms with E-state index >= 15 is 0 Å². The fraction of sp³-hybridized carbons (Fsp3) is 0.200. The first-order valence-corrected chi connectivity index (χ1v) is 9.06. The second-order valence-corrected chi connectivity index (χ2v) is 6.18. The van der Waals surface area contributed by atoms with Gasteiger partial charge in [0, 0.05) is 6.08 Å². The molecule has 2 aromatic carbocycles. The number of hydrogen-bond acceptors (Lipinski definition) is 4. The molecule has 10 heteroatoms. The first kappa shape index (κ1) is 23.1. The van der Waals surface area contributed by atoms with Crippen LogP contribution in [0, 0.1) is 0 Å². The van der Waals surface area contributed by atoms with Crippen LogP contribution >= 0.6 is 11.6 Å². The van der Waals surface area contributed by atoms with E-state index in [4.69, 9.17) is 21.1 Å². The Morgan fingerprint density at radius 2 is 1.73 bits per heavy atom. The first-order valence-electron chi connectivity index (χ1n) is 8.69. The summed E-state index contributed by atoms with van der Waals surface area (Å²) < 4.78 is 49.2. The zero-order chi connectivity index (χ0) is 22.1. The third kappa shape index (κ3) is 7.00. The Hall–Kier alpha value is -3.20. The van der Waals surface area contributed by atoms with Gasteiger partial charge in [-0.2, -0.15) is 13.2 Å². The molecule has 30 heavy (non-hydrogen) atoms. The predicted molar refractivity (Wildman–Crippen MR) is 105 cm³/mol. The molecule has 0 heterocycles. The molecule has 0 spiro atoms.